The lowest BCUT2D eigenvalue weighted by Crippen LogP contribution is -2.52. The van der Waals surface area contributed by atoms with Crippen molar-refractivity contribution in [3.63, 3.8) is 0 Å². The van der Waals surface area contributed by atoms with E-state index < -0.39 is 17.5 Å². The highest BCUT2D eigenvalue weighted by atomic mass is 35.5. The second-order valence-electron chi connectivity index (χ2n) is 3.82. The zero-order valence-electron chi connectivity index (χ0n) is 7.50. The van der Waals surface area contributed by atoms with Crippen molar-refractivity contribution in [1.82, 2.24) is 0 Å². The molecule has 0 aromatic heterocycles. The van der Waals surface area contributed by atoms with Crippen molar-refractivity contribution < 1.29 is 9.50 Å². The molecule has 0 saturated heterocycles. The van der Waals surface area contributed by atoms with E-state index in [4.69, 9.17) is 22.4 Å². The van der Waals surface area contributed by atoms with Crippen molar-refractivity contribution in [3.05, 3.63) is 34.6 Å². The van der Waals surface area contributed by atoms with Crippen LogP contribution in [0.5, 0.6) is 0 Å². The van der Waals surface area contributed by atoms with E-state index in [1.807, 2.05) is 0 Å². The lowest BCUT2D eigenvalue weighted by Gasteiger charge is -2.42. The largest absolute Gasteiger partial charge is 0.393 e. The zero-order valence-corrected chi connectivity index (χ0v) is 8.26. The van der Waals surface area contributed by atoms with Gasteiger partial charge < -0.3 is 10.8 Å². The maximum Gasteiger partial charge on any atom is 0.146 e. The van der Waals surface area contributed by atoms with Gasteiger partial charge in [0.15, 0.2) is 0 Å². The van der Waals surface area contributed by atoms with Crippen LogP contribution in [0, 0.1) is 5.82 Å². The van der Waals surface area contributed by atoms with Crippen LogP contribution in [0.2, 0.25) is 5.02 Å². The Hall–Kier alpha value is -0.640. The normalized spacial score (nSPS) is 31.3. The third-order valence-corrected chi connectivity index (χ3v) is 2.98. The van der Waals surface area contributed by atoms with Gasteiger partial charge >= 0.3 is 0 Å². The molecule has 1 fully saturated rings. The first-order valence-electron chi connectivity index (χ1n) is 4.44. The first-order valence-corrected chi connectivity index (χ1v) is 4.82. The summed E-state index contributed by atoms with van der Waals surface area (Å²) in [4.78, 5) is 0. The first-order chi connectivity index (χ1) is 6.53. The van der Waals surface area contributed by atoms with Gasteiger partial charge in [0.2, 0.25) is 0 Å². The fourth-order valence-corrected chi connectivity index (χ4v) is 2.06. The molecule has 14 heavy (non-hydrogen) atoms. The van der Waals surface area contributed by atoms with Crippen LogP contribution in [0.15, 0.2) is 18.2 Å². The van der Waals surface area contributed by atoms with Crippen LogP contribution in [0.25, 0.3) is 0 Å². The van der Waals surface area contributed by atoms with E-state index in [-0.39, 0.29) is 5.02 Å². The van der Waals surface area contributed by atoms with E-state index in [2.05, 4.69) is 0 Å². The quantitative estimate of drug-likeness (QED) is 0.750. The molecule has 2 rings (SSSR count). The maximum absolute atomic E-state index is 13.6. The highest BCUT2D eigenvalue weighted by molar-refractivity contribution is 6.30. The van der Waals surface area contributed by atoms with Gasteiger partial charge in [0.05, 0.1) is 11.1 Å². The number of hydrogen-bond donors (Lipinski definition) is 2. The lowest BCUT2D eigenvalue weighted by molar-refractivity contribution is 0.0193. The van der Waals surface area contributed by atoms with Gasteiger partial charge in [0, 0.05) is 11.1 Å². The molecule has 1 aliphatic carbocycles. The van der Waals surface area contributed by atoms with E-state index >= 15 is 0 Å². The third-order valence-electron chi connectivity index (χ3n) is 2.69. The molecule has 1 aromatic rings. The Labute approximate surface area is 86.5 Å². The molecule has 4 heteroatoms. The Morgan fingerprint density at radius 1 is 1.50 bits per heavy atom. The third kappa shape index (κ3) is 1.41. The summed E-state index contributed by atoms with van der Waals surface area (Å²) in [7, 11) is 0. The highest BCUT2D eigenvalue weighted by Gasteiger charge is 2.43. The zero-order chi connectivity index (χ0) is 10.3. The van der Waals surface area contributed by atoms with Crippen LogP contribution in [0.3, 0.4) is 0 Å². The van der Waals surface area contributed by atoms with Crippen molar-refractivity contribution in [2.45, 2.75) is 24.5 Å². The van der Waals surface area contributed by atoms with Gasteiger partial charge in [0.25, 0.3) is 0 Å². The summed E-state index contributed by atoms with van der Waals surface area (Å²) in [6.07, 6.45) is 0.368. The number of nitrogens with two attached hydrogens (primary N) is 1. The van der Waals surface area contributed by atoms with Crippen LogP contribution in [-0.2, 0) is 5.54 Å². The SMILES string of the molecule is NC1(c2cccc(Cl)c2F)CC(O)C1. The average molecular weight is 216 g/mol. The summed E-state index contributed by atoms with van der Waals surface area (Å²) < 4.78 is 13.6. The minimum Gasteiger partial charge on any atom is -0.393 e. The monoisotopic (exact) mass is 215 g/mol. The summed E-state index contributed by atoms with van der Waals surface area (Å²) in [6, 6.07) is 4.77. The number of hydrogen-bond acceptors (Lipinski definition) is 2. The molecule has 2 nitrogen and oxygen atoms in total. The molecule has 0 amide bonds. The summed E-state index contributed by atoms with van der Waals surface area (Å²) in [5, 5.41) is 9.25. The van der Waals surface area contributed by atoms with E-state index in [1.54, 1.807) is 12.1 Å². The Bertz CT molecular complexity index is 363. The number of aliphatic hydroxyl groups excluding tert-OH is 1. The van der Waals surface area contributed by atoms with Gasteiger partial charge in [-0.15, -0.1) is 0 Å². The van der Waals surface area contributed by atoms with Crippen molar-refractivity contribution in [2.24, 2.45) is 5.73 Å². The summed E-state index contributed by atoms with van der Waals surface area (Å²) in [5.41, 5.74) is 5.58. The Morgan fingerprint density at radius 2 is 2.14 bits per heavy atom. The van der Waals surface area contributed by atoms with Crippen molar-refractivity contribution >= 4 is 11.6 Å². The Kier molecular flexibility index (Phi) is 2.26. The Balaban J connectivity index is 2.37. The van der Waals surface area contributed by atoms with Crippen LogP contribution in [0.1, 0.15) is 18.4 Å². The lowest BCUT2D eigenvalue weighted by atomic mass is 9.70. The second kappa shape index (κ2) is 3.19. The predicted octanol–water partition coefficient (Wildman–Crippen LogP) is 1.79. The molecule has 76 valence electrons. The molecular weight excluding hydrogens is 205 g/mol. The van der Waals surface area contributed by atoms with Crippen molar-refractivity contribution in [2.75, 3.05) is 0 Å². The van der Waals surface area contributed by atoms with E-state index in [1.165, 1.54) is 6.07 Å². The maximum atomic E-state index is 13.6. The first kappa shape index (κ1) is 9.90. The molecule has 0 bridgehead atoms. The number of halogens is 2. The van der Waals surface area contributed by atoms with Crippen molar-refractivity contribution in [1.29, 1.82) is 0 Å². The smallest absolute Gasteiger partial charge is 0.146 e. The topological polar surface area (TPSA) is 46.2 Å². The second-order valence-corrected chi connectivity index (χ2v) is 4.23. The molecule has 0 radical (unpaired) electrons. The van der Waals surface area contributed by atoms with Crippen LogP contribution in [-0.4, -0.2) is 11.2 Å². The van der Waals surface area contributed by atoms with Gasteiger partial charge in [0.1, 0.15) is 5.82 Å². The molecule has 0 spiro atoms. The standard InChI is InChI=1S/C10H11ClFNO/c11-8-3-1-2-7(9(8)12)10(13)4-6(14)5-10/h1-3,6,14H,4-5,13H2. The van der Waals surface area contributed by atoms with Crippen LogP contribution in [0.4, 0.5) is 4.39 Å². The molecule has 1 saturated carbocycles. The molecular formula is C10H11ClFNO. The van der Waals surface area contributed by atoms with Gasteiger partial charge in [-0.1, -0.05) is 23.7 Å². The average Bonchev–Trinajstić information content (AvgIpc) is 2.07. The molecule has 0 heterocycles. The van der Waals surface area contributed by atoms with E-state index in [9.17, 15) is 4.39 Å². The van der Waals surface area contributed by atoms with E-state index in [0.29, 0.717) is 18.4 Å². The molecule has 1 aliphatic rings. The summed E-state index contributed by atoms with van der Waals surface area (Å²) >= 11 is 5.64. The van der Waals surface area contributed by atoms with Gasteiger partial charge in [-0.25, -0.2) is 4.39 Å². The molecule has 1 aromatic carbocycles. The molecule has 3 N–H and O–H groups in total. The minimum atomic E-state index is -0.742. The molecule has 0 aliphatic heterocycles. The van der Waals surface area contributed by atoms with E-state index in [0.717, 1.165) is 0 Å². The molecule has 0 atom stereocenters. The fourth-order valence-electron chi connectivity index (χ4n) is 1.89. The summed E-state index contributed by atoms with van der Waals surface area (Å²) in [6.45, 7) is 0. The fraction of sp³-hybridized carbons (Fsp3) is 0.400. The van der Waals surface area contributed by atoms with Gasteiger partial charge in [-0.05, 0) is 18.9 Å². The number of benzene rings is 1. The van der Waals surface area contributed by atoms with Crippen LogP contribution < -0.4 is 5.73 Å². The van der Waals surface area contributed by atoms with Crippen LogP contribution >= 0.6 is 11.6 Å². The molecule has 0 unspecified atom stereocenters. The van der Waals surface area contributed by atoms with Gasteiger partial charge in [-0.2, -0.15) is 0 Å². The summed E-state index contributed by atoms with van der Waals surface area (Å²) in [5.74, 6) is -0.469. The predicted molar refractivity (Wildman–Crippen MR) is 52.5 cm³/mol. The minimum absolute atomic E-state index is 0.0775. The highest BCUT2D eigenvalue weighted by Crippen LogP contribution is 2.41. The number of rotatable bonds is 1. The Morgan fingerprint density at radius 3 is 2.71 bits per heavy atom. The number of aliphatic hydroxyl groups is 1. The van der Waals surface area contributed by atoms with Gasteiger partial charge in [-0.3, -0.25) is 0 Å². The van der Waals surface area contributed by atoms with Crippen molar-refractivity contribution in [3.8, 4) is 0 Å².